The van der Waals surface area contributed by atoms with Gasteiger partial charge in [0, 0.05) is 17.5 Å². The van der Waals surface area contributed by atoms with Crippen LogP contribution in [0.1, 0.15) is 25.0 Å². The molecule has 0 saturated heterocycles. The van der Waals surface area contributed by atoms with Crippen molar-refractivity contribution in [2.75, 3.05) is 19.8 Å². The Hall–Kier alpha value is -1.81. The fourth-order valence-electron chi connectivity index (χ4n) is 2.51. The van der Waals surface area contributed by atoms with E-state index in [4.69, 9.17) is 15.2 Å². The van der Waals surface area contributed by atoms with E-state index in [0.29, 0.717) is 25.7 Å². The molecule has 1 aliphatic heterocycles. The number of pyridine rings is 1. The van der Waals surface area contributed by atoms with Crippen molar-refractivity contribution in [1.82, 2.24) is 4.98 Å². The molecule has 0 spiro atoms. The molecule has 19 heavy (non-hydrogen) atoms. The molecule has 0 amide bonds. The van der Waals surface area contributed by atoms with Gasteiger partial charge in [0.25, 0.3) is 0 Å². The maximum atomic E-state index is 5.65. The third-order valence-corrected chi connectivity index (χ3v) is 3.52. The highest BCUT2D eigenvalue weighted by Crippen LogP contribution is 2.37. The first-order chi connectivity index (χ1) is 9.29. The Kier molecular flexibility index (Phi) is 3.25. The summed E-state index contributed by atoms with van der Waals surface area (Å²) in [4.78, 5) is 4.52. The zero-order valence-corrected chi connectivity index (χ0v) is 11.1. The molecule has 1 aromatic heterocycles. The minimum atomic E-state index is 0.344. The van der Waals surface area contributed by atoms with Gasteiger partial charge in [-0.05, 0) is 36.6 Å². The van der Waals surface area contributed by atoms with Crippen LogP contribution in [0.25, 0.3) is 10.8 Å². The van der Waals surface area contributed by atoms with E-state index in [1.165, 1.54) is 0 Å². The highest BCUT2D eigenvalue weighted by atomic mass is 16.6. The Morgan fingerprint density at radius 3 is 2.74 bits per heavy atom. The van der Waals surface area contributed by atoms with E-state index < -0.39 is 0 Å². The number of hydrogen-bond donors (Lipinski definition) is 1. The first kappa shape index (κ1) is 12.2. The molecule has 0 radical (unpaired) electrons. The normalized spacial score (nSPS) is 15.5. The van der Waals surface area contributed by atoms with Gasteiger partial charge in [0.15, 0.2) is 11.5 Å². The van der Waals surface area contributed by atoms with Crippen molar-refractivity contribution >= 4 is 10.8 Å². The summed E-state index contributed by atoms with van der Waals surface area (Å²) in [5.74, 6) is 1.98. The van der Waals surface area contributed by atoms with Gasteiger partial charge >= 0.3 is 0 Å². The van der Waals surface area contributed by atoms with Crippen molar-refractivity contribution in [3.63, 3.8) is 0 Å². The van der Waals surface area contributed by atoms with E-state index in [-0.39, 0.29) is 0 Å². The molecule has 0 fully saturated rings. The van der Waals surface area contributed by atoms with Crippen LogP contribution in [-0.2, 0) is 0 Å². The summed E-state index contributed by atoms with van der Waals surface area (Å²) in [6.45, 7) is 4.04. The van der Waals surface area contributed by atoms with Gasteiger partial charge in [-0.2, -0.15) is 0 Å². The van der Waals surface area contributed by atoms with Crippen LogP contribution in [0, 0.1) is 0 Å². The summed E-state index contributed by atoms with van der Waals surface area (Å²) in [6.07, 6.45) is 2.78. The Morgan fingerprint density at radius 1 is 1.26 bits per heavy atom. The van der Waals surface area contributed by atoms with Gasteiger partial charge in [0.05, 0.1) is 5.69 Å². The second-order valence-electron chi connectivity index (χ2n) is 4.89. The van der Waals surface area contributed by atoms with E-state index >= 15 is 0 Å². The first-order valence-electron chi connectivity index (χ1n) is 6.68. The predicted molar refractivity (Wildman–Crippen MR) is 74.8 cm³/mol. The number of rotatable bonds is 3. The van der Waals surface area contributed by atoms with Gasteiger partial charge in [0.1, 0.15) is 13.2 Å². The molecule has 2 N–H and O–H groups in total. The summed E-state index contributed by atoms with van der Waals surface area (Å²) >= 11 is 0. The summed E-state index contributed by atoms with van der Waals surface area (Å²) < 4.78 is 11.3. The van der Waals surface area contributed by atoms with Gasteiger partial charge in [-0.1, -0.05) is 6.92 Å². The minimum Gasteiger partial charge on any atom is -0.486 e. The summed E-state index contributed by atoms with van der Waals surface area (Å²) in [7, 11) is 0. The average Bonchev–Trinajstić information content (AvgIpc) is 2.44. The van der Waals surface area contributed by atoms with Crippen LogP contribution in [0.5, 0.6) is 11.5 Å². The Bertz CT molecular complexity index is 598. The lowest BCUT2D eigenvalue weighted by Gasteiger charge is -2.20. The third-order valence-electron chi connectivity index (χ3n) is 3.52. The SMILES string of the molecule is CC(CCN)c1nccc2cc3c(cc12)OCCO3. The van der Waals surface area contributed by atoms with Crippen molar-refractivity contribution in [2.45, 2.75) is 19.3 Å². The summed E-state index contributed by atoms with van der Waals surface area (Å²) in [5.41, 5.74) is 6.73. The van der Waals surface area contributed by atoms with Gasteiger partial charge in [0.2, 0.25) is 0 Å². The number of fused-ring (bicyclic) bond motifs is 2. The molecule has 1 atom stereocenters. The standard InChI is InChI=1S/C15H18N2O2/c1-10(2-4-16)15-12-9-14-13(18-6-7-19-14)8-11(12)3-5-17-15/h3,5,8-10H,2,4,6-7,16H2,1H3. The van der Waals surface area contributed by atoms with E-state index in [2.05, 4.69) is 11.9 Å². The van der Waals surface area contributed by atoms with Crippen LogP contribution >= 0.6 is 0 Å². The van der Waals surface area contributed by atoms with Crippen LogP contribution in [0.3, 0.4) is 0 Å². The number of nitrogens with zero attached hydrogens (tertiary/aromatic N) is 1. The van der Waals surface area contributed by atoms with Crippen LogP contribution in [-0.4, -0.2) is 24.7 Å². The Morgan fingerprint density at radius 2 is 2.00 bits per heavy atom. The molecule has 0 bridgehead atoms. The molecule has 1 aliphatic rings. The summed E-state index contributed by atoms with van der Waals surface area (Å²) in [6, 6.07) is 6.08. The maximum Gasteiger partial charge on any atom is 0.162 e. The van der Waals surface area contributed by atoms with Gasteiger partial charge in [-0.15, -0.1) is 0 Å². The number of hydrogen-bond acceptors (Lipinski definition) is 4. The van der Waals surface area contributed by atoms with E-state index in [0.717, 1.165) is 34.4 Å². The molecule has 3 rings (SSSR count). The zero-order valence-electron chi connectivity index (χ0n) is 11.1. The van der Waals surface area contributed by atoms with Crippen LogP contribution in [0.4, 0.5) is 0 Å². The average molecular weight is 258 g/mol. The van der Waals surface area contributed by atoms with Crippen molar-refractivity contribution < 1.29 is 9.47 Å². The fraction of sp³-hybridized carbons (Fsp3) is 0.400. The Balaban J connectivity index is 2.13. The highest BCUT2D eigenvalue weighted by Gasteiger charge is 2.16. The van der Waals surface area contributed by atoms with Gasteiger partial charge in [-0.3, -0.25) is 4.98 Å². The molecule has 2 aromatic rings. The maximum absolute atomic E-state index is 5.65. The number of nitrogens with two attached hydrogens (primary N) is 1. The second kappa shape index (κ2) is 5.05. The first-order valence-corrected chi connectivity index (χ1v) is 6.68. The molecular weight excluding hydrogens is 240 g/mol. The third kappa shape index (κ3) is 2.24. The zero-order chi connectivity index (χ0) is 13.2. The van der Waals surface area contributed by atoms with E-state index in [9.17, 15) is 0 Å². The lowest BCUT2D eigenvalue weighted by molar-refractivity contribution is 0.172. The number of aromatic nitrogens is 1. The van der Waals surface area contributed by atoms with Crippen molar-refractivity contribution in [3.8, 4) is 11.5 Å². The van der Waals surface area contributed by atoms with Crippen LogP contribution in [0.15, 0.2) is 24.4 Å². The van der Waals surface area contributed by atoms with Crippen molar-refractivity contribution in [2.24, 2.45) is 5.73 Å². The number of benzene rings is 1. The summed E-state index contributed by atoms with van der Waals surface area (Å²) in [5, 5.41) is 2.27. The van der Waals surface area contributed by atoms with E-state index in [1.54, 1.807) is 0 Å². The molecule has 1 unspecified atom stereocenters. The number of ether oxygens (including phenoxy) is 2. The molecule has 4 nitrogen and oxygen atoms in total. The Labute approximate surface area is 112 Å². The molecular formula is C15H18N2O2. The smallest absolute Gasteiger partial charge is 0.162 e. The van der Waals surface area contributed by atoms with Gasteiger partial charge in [-0.25, -0.2) is 0 Å². The monoisotopic (exact) mass is 258 g/mol. The van der Waals surface area contributed by atoms with E-state index in [1.807, 2.05) is 24.4 Å². The van der Waals surface area contributed by atoms with Crippen LogP contribution < -0.4 is 15.2 Å². The minimum absolute atomic E-state index is 0.344. The molecule has 1 aromatic carbocycles. The van der Waals surface area contributed by atoms with Crippen molar-refractivity contribution in [3.05, 3.63) is 30.1 Å². The molecule has 2 heterocycles. The molecule has 100 valence electrons. The molecule has 0 aliphatic carbocycles. The van der Waals surface area contributed by atoms with Gasteiger partial charge < -0.3 is 15.2 Å². The lowest BCUT2D eigenvalue weighted by atomic mass is 9.97. The topological polar surface area (TPSA) is 57.4 Å². The molecule has 0 saturated carbocycles. The fourth-order valence-corrected chi connectivity index (χ4v) is 2.51. The van der Waals surface area contributed by atoms with Crippen molar-refractivity contribution in [1.29, 1.82) is 0 Å². The quantitative estimate of drug-likeness (QED) is 0.918. The largest absolute Gasteiger partial charge is 0.486 e. The van der Waals surface area contributed by atoms with Crippen LogP contribution in [0.2, 0.25) is 0 Å². The predicted octanol–water partition coefficient (Wildman–Crippen LogP) is 2.46. The lowest BCUT2D eigenvalue weighted by Crippen LogP contribution is -2.15. The highest BCUT2D eigenvalue weighted by molar-refractivity contribution is 5.88. The second-order valence-corrected chi connectivity index (χ2v) is 4.89. The molecule has 4 heteroatoms.